The molecule has 100 valence electrons. The highest BCUT2D eigenvalue weighted by molar-refractivity contribution is 14.1. The van der Waals surface area contributed by atoms with Gasteiger partial charge in [-0.25, -0.2) is 4.39 Å². The van der Waals surface area contributed by atoms with Crippen molar-refractivity contribution in [3.05, 3.63) is 32.1 Å². The van der Waals surface area contributed by atoms with Gasteiger partial charge >= 0.3 is 0 Å². The molecule has 0 bridgehead atoms. The molecular weight excluding hydrogens is 362 g/mol. The zero-order valence-electron chi connectivity index (χ0n) is 10.7. The molecular formula is C15H19ClFI. The summed E-state index contributed by atoms with van der Waals surface area (Å²) in [5.41, 5.74) is 1.09. The fourth-order valence-corrected chi connectivity index (χ4v) is 3.53. The van der Waals surface area contributed by atoms with E-state index in [1.165, 1.54) is 38.5 Å². The standard InChI is InChI=1S/C15H19ClFI/c1-2-3-10-4-6-11(7-5-10)12-8-13(16)15(18)14(17)9-12/h8-11H,2-7H2,1H3. The van der Waals surface area contributed by atoms with Crippen LogP contribution in [-0.2, 0) is 0 Å². The first-order valence-electron chi connectivity index (χ1n) is 6.76. The Morgan fingerprint density at radius 2 is 1.94 bits per heavy atom. The lowest BCUT2D eigenvalue weighted by Crippen LogP contribution is -2.13. The molecule has 0 N–H and O–H groups in total. The van der Waals surface area contributed by atoms with Gasteiger partial charge < -0.3 is 0 Å². The summed E-state index contributed by atoms with van der Waals surface area (Å²) >= 11 is 8.03. The van der Waals surface area contributed by atoms with E-state index in [0.29, 0.717) is 14.5 Å². The molecule has 1 saturated carbocycles. The first-order valence-corrected chi connectivity index (χ1v) is 8.22. The van der Waals surface area contributed by atoms with Gasteiger partial charge in [0.05, 0.1) is 8.59 Å². The van der Waals surface area contributed by atoms with Gasteiger partial charge in [0.2, 0.25) is 0 Å². The average Bonchev–Trinajstić information content (AvgIpc) is 2.37. The van der Waals surface area contributed by atoms with E-state index in [1.54, 1.807) is 6.07 Å². The molecule has 0 saturated heterocycles. The molecule has 1 aliphatic rings. The summed E-state index contributed by atoms with van der Waals surface area (Å²) in [5, 5.41) is 0.557. The molecule has 0 atom stereocenters. The van der Waals surface area contributed by atoms with Crippen LogP contribution in [0.4, 0.5) is 4.39 Å². The molecule has 0 nitrogen and oxygen atoms in total. The Kier molecular flexibility index (Phi) is 5.31. The van der Waals surface area contributed by atoms with Crippen molar-refractivity contribution >= 4 is 34.2 Å². The topological polar surface area (TPSA) is 0 Å². The van der Waals surface area contributed by atoms with E-state index in [4.69, 9.17) is 11.6 Å². The van der Waals surface area contributed by atoms with Gasteiger partial charge in [0.25, 0.3) is 0 Å². The molecule has 0 amide bonds. The molecule has 1 aromatic carbocycles. The van der Waals surface area contributed by atoms with Crippen LogP contribution >= 0.6 is 34.2 Å². The highest BCUT2D eigenvalue weighted by Gasteiger charge is 2.23. The highest BCUT2D eigenvalue weighted by atomic mass is 127. The molecule has 0 unspecified atom stereocenters. The number of halogens is 3. The molecule has 0 aliphatic heterocycles. The SMILES string of the molecule is CCCC1CCC(c2cc(F)c(I)c(Cl)c2)CC1. The Morgan fingerprint density at radius 1 is 1.28 bits per heavy atom. The minimum absolute atomic E-state index is 0.172. The van der Waals surface area contributed by atoms with Gasteiger partial charge in [0.15, 0.2) is 0 Å². The maximum Gasteiger partial charge on any atom is 0.138 e. The third-order valence-electron chi connectivity index (χ3n) is 4.02. The summed E-state index contributed by atoms with van der Waals surface area (Å²) in [6, 6.07) is 3.63. The summed E-state index contributed by atoms with van der Waals surface area (Å²) in [4.78, 5) is 0. The van der Waals surface area contributed by atoms with Gasteiger partial charge in [-0.1, -0.05) is 31.4 Å². The van der Waals surface area contributed by atoms with Crippen molar-refractivity contribution in [1.82, 2.24) is 0 Å². The van der Waals surface area contributed by atoms with Gasteiger partial charge in [0, 0.05) is 0 Å². The Hall–Kier alpha value is 0.170. The van der Waals surface area contributed by atoms with Crippen LogP contribution in [0.25, 0.3) is 0 Å². The molecule has 2 rings (SSSR count). The number of hydrogen-bond donors (Lipinski definition) is 0. The van der Waals surface area contributed by atoms with E-state index in [0.717, 1.165) is 11.5 Å². The summed E-state index contributed by atoms with van der Waals surface area (Å²) < 4.78 is 14.2. The minimum Gasteiger partial charge on any atom is -0.206 e. The normalized spacial score (nSPS) is 24.2. The quantitative estimate of drug-likeness (QED) is 0.435. The zero-order valence-corrected chi connectivity index (χ0v) is 13.6. The van der Waals surface area contributed by atoms with Crippen molar-refractivity contribution in [2.45, 2.75) is 51.4 Å². The van der Waals surface area contributed by atoms with Gasteiger partial charge in [-0.15, -0.1) is 0 Å². The second-order valence-electron chi connectivity index (χ2n) is 5.30. The Bertz CT molecular complexity index is 388. The lowest BCUT2D eigenvalue weighted by molar-refractivity contribution is 0.308. The van der Waals surface area contributed by atoms with Crippen molar-refractivity contribution in [2.24, 2.45) is 5.92 Å². The Balaban J connectivity index is 2.05. The lowest BCUT2D eigenvalue weighted by atomic mass is 9.77. The zero-order chi connectivity index (χ0) is 13.1. The third-order valence-corrected chi connectivity index (χ3v) is 5.73. The monoisotopic (exact) mass is 380 g/mol. The smallest absolute Gasteiger partial charge is 0.138 e. The molecule has 0 radical (unpaired) electrons. The third kappa shape index (κ3) is 3.38. The van der Waals surface area contributed by atoms with Crippen molar-refractivity contribution in [3.63, 3.8) is 0 Å². The van der Waals surface area contributed by atoms with Crippen LogP contribution < -0.4 is 0 Å². The second kappa shape index (κ2) is 6.56. The first kappa shape index (κ1) is 14.6. The molecule has 0 spiro atoms. The predicted molar refractivity (Wildman–Crippen MR) is 83.7 cm³/mol. The van der Waals surface area contributed by atoms with Crippen molar-refractivity contribution < 1.29 is 4.39 Å². The van der Waals surface area contributed by atoms with Crippen molar-refractivity contribution in [1.29, 1.82) is 0 Å². The van der Waals surface area contributed by atoms with Crippen molar-refractivity contribution in [3.8, 4) is 0 Å². The predicted octanol–water partition coefficient (Wildman–Crippen LogP) is 6.16. The van der Waals surface area contributed by atoms with Gasteiger partial charge in [-0.2, -0.15) is 0 Å². The van der Waals surface area contributed by atoms with E-state index in [9.17, 15) is 4.39 Å². The van der Waals surface area contributed by atoms with E-state index in [-0.39, 0.29) is 5.82 Å². The van der Waals surface area contributed by atoms with E-state index in [2.05, 4.69) is 6.92 Å². The van der Waals surface area contributed by atoms with Crippen LogP contribution in [-0.4, -0.2) is 0 Å². The van der Waals surface area contributed by atoms with Crippen LogP contribution in [0.5, 0.6) is 0 Å². The summed E-state index contributed by atoms with van der Waals surface area (Å²) in [7, 11) is 0. The van der Waals surface area contributed by atoms with Crippen LogP contribution in [0.15, 0.2) is 12.1 Å². The van der Waals surface area contributed by atoms with Crippen LogP contribution in [0.3, 0.4) is 0 Å². The fourth-order valence-electron chi connectivity index (χ4n) is 3.00. The lowest BCUT2D eigenvalue weighted by Gasteiger charge is -2.28. The molecule has 18 heavy (non-hydrogen) atoms. The molecule has 3 heteroatoms. The van der Waals surface area contributed by atoms with Crippen LogP contribution in [0.1, 0.15) is 56.9 Å². The molecule has 0 heterocycles. The summed E-state index contributed by atoms with van der Waals surface area (Å²) in [6.45, 7) is 2.25. The van der Waals surface area contributed by atoms with E-state index < -0.39 is 0 Å². The molecule has 1 aliphatic carbocycles. The van der Waals surface area contributed by atoms with Crippen LogP contribution in [0, 0.1) is 15.3 Å². The number of rotatable bonds is 3. The van der Waals surface area contributed by atoms with E-state index >= 15 is 0 Å². The van der Waals surface area contributed by atoms with Gasteiger partial charge in [0.1, 0.15) is 5.82 Å². The minimum atomic E-state index is -0.172. The van der Waals surface area contributed by atoms with Gasteiger partial charge in [-0.3, -0.25) is 0 Å². The maximum atomic E-state index is 13.7. The number of benzene rings is 1. The fraction of sp³-hybridized carbons (Fsp3) is 0.600. The average molecular weight is 381 g/mol. The first-order chi connectivity index (χ1) is 8.61. The summed E-state index contributed by atoms with van der Waals surface area (Å²) in [5.74, 6) is 1.21. The maximum absolute atomic E-state index is 13.7. The Morgan fingerprint density at radius 3 is 2.50 bits per heavy atom. The molecule has 1 fully saturated rings. The van der Waals surface area contributed by atoms with E-state index in [1.807, 2.05) is 28.7 Å². The van der Waals surface area contributed by atoms with Crippen molar-refractivity contribution in [2.75, 3.05) is 0 Å². The highest BCUT2D eigenvalue weighted by Crippen LogP contribution is 2.39. The van der Waals surface area contributed by atoms with Gasteiger partial charge in [-0.05, 0) is 77.8 Å². The Labute approximate surface area is 127 Å². The number of hydrogen-bond acceptors (Lipinski definition) is 0. The van der Waals surface area contributed by atoms with Crippen LogP contribution in [0.2, 0.25) is 5.02 Å². The summed E-state index contributed by atoms with van der Waals surface area (Å²) in [6.07, 6.45) is 7.55. The molecule has 0 aromatic heterocycles. The largest absolute Gasteiger partial charge is 0.206 e. The molecule has 1 aromatic rings. The second-order valence-corrected chi connectivity index (χ2v) is 6.79.